The summed E-state index contributed by atoms with van der Waals surface area (Å²) in [6, 6.07) is 1.89. The minimum absolute atomic E-state index is 0.612. The average molecular weight is 312 g/mol. The summed E-state index contributed by atoms with van der Waals surface area (Å²) in [5.74, 6) is 0.955. The average Bonchev–Trinajstić information content (AvgIpc) is 2.78. The normalized spacial score (nSPS) is 19.3. The van der Waals surface area contributed by atoms with Crippen molar-refractivity contribution in [3.63, 3.8) is 0 Å². The van der Waals surface area contributed by atoms with Gasteiger partial charge in [0.2, 0.25) is 0 Å². The van der Waals surface area contributed by atoms with Gasteiger partial charge in [-0.05, 0) is 28.1 Å². The third-order valence-corrected chi connectivity index (χ3v) is 4.20. The number of anilines is 1. The largest absolute Gasteiger partial charge is 0.323 e. The number of aliphatic imine (C=N–C) groups is 1. The van der Waals surface area contributed by atoms with Crippen LogP contribution in [0.2, 0.25) is 0 Å². The van der Waals surface area contributed by atoms with Crippen LogP contribution in [0.25, 0.3) is 6.08 Å². The van der Waals surface area contributed by atoms with Gasteiger partial charge in [0.15, 0.2) is 0 Å². The summed E-state index contributed by atoms with van der Waals surface area (Å²) in [6.07, 6.45) is 5.41. The van der Waals surface area contributed by atoms with Crippen LogP contribution in [-0.4, -0.2) is 34.4 Å². The Balaban J connectivity index is 2.18. The maximum Gasteiger partial charge on any atom is 0.142 e. The van der Waals surface area contributed by atoms with Gasteiger partial charge < -0.3 is 4.90 Å². The summed E-state index contributed by atoms with van der Waals surface area (Å²) in [6.45, 7) is 1.66. The van der Waals surface area contributed by atoms with Crippen LogP contribution in [0.1, 0.15) is 5.56 Å². The smallest absolute Gasteiger partial charge is 0.142 e. The molecule has 2 aliphatic heterocycles. The summed E-state index contributed by atoms with van der Waals surface area (Å²) >= 11 is 3.51. The first-order chi connectivity index (χ1) is 8.16. The van der Waals surface area contributed by atoms with Crippen molar-refractivity contribution in [1.82, 2.24) is 4.98 Å². The Morgan fingerprint density at radius 1 is 1.53 bits per heavy atom. The highest BCUT2D eigenvalue weighted by Crippen LogP contribution is 2.34. The number of hydrogen-bond donors (Lipinski definition) is 0. The number of pyridine rings is 1. The van der Waals surface area contributed by atoms with Gasteiger partial charge in [-0.15, -0.1) is 0 Å². The number of hydrogen-bond acceptors (Lipinski definition) is 4. The van der Waals surface area contributed by atoms with Gasteiger partial charge in [-0.3, -0.25) is 9.20 Å². The lowest BCUT2D eigenvalue weighted by molar-refractivity contribution is 0.684. The summed E-state index contributed by atoms with van der Waals surface area (Å²) < 4.78 is 12.4. The van der Waals surface area contributed by atoms with Crippen LogP contribution < -0.4 is 4.90 Å². The van der Waals surface area contributed by atoms with E-state index in [1.165, 1.54) is 0 Å². The molecular formula is C11H10BrN3OS. The van der Waals surface area contributed by atoms with Gasteiger partial charge in [0.25, 0.3) is 0 Å². The van der Waals surface area contributed by atoms with Crippen LogP contribution >= 0.6 is 15.9 Å². The zero-order valence-electron chi connectivity index (χ0n) is 9.18. The van der Waals surface area contributed by atoms with E-state index in [0.29, 0.717) is 5.03 Å². The fraction of sp³-hybridized carbons (Fsp3) is 0.273. The van der Waals surface area contributed by atoms with Crippen molar-refractivity contribution in [2.24, 2.45) is 4.99 Å². The van der Waals surface area contributed by atoms with E-state index in [0.717, 1.165) is 34.7 Å². The third kappa shape index (κ3) is 1.75. The van der Waals surface area contributed by atoms with Gasteiger partial charge in [-0.1, -0.05) is 0 Å². The molecule has 0 saturated heterocycles. The van der Waals surface area contributed by atoms with Crippen molar-refractivity contribution in [2.45, 2.75) is 5.03 Å². The zero-order valence-corrected chi connectivity index (χ0v) is 11.6. The molecule has 0 N–H and O–H groups in total. The molecule has 1 unspecified atom stereocenters. The van der Waals surface area contributed by atoms with Gasteiger partial charge in [-0.25, -0.2) is 4.98 Å². The van der Waals surface area contributed by atoms with Gasteiger partial charge in [0.1, 0.15) is 10.9 Å². The molecule has 1 aromatic heterocycles. The number of aromatic nitrogens is 1. The van der Waals surface area contributed by atoms with Crippen LogP contribution in [0, 0.1) is 0 Å². The Morgan fingerprint density at radius 3 is 3.12 bits per heavy atom. The summed E-state index contributed by atoms with van der Waals surface area (Å²) in [7, 11) is -1.05. The van der Waals surface area contributed by atoms with E-state index in [1.54, 1.807) is 12.5 Å². The van der Waals surface area contributed by atoms with E-state index in [9.17, 15) is 4.21 Å². The predicted octanol–water partition coefficient (Wildman–Crippen LogP) is 1.79. The van der Waals surface area contributed by atoms with Crippen LogP contribution in [0.3, 0.4) is 0 Å². The fourth-order valence-corrected chi connectivity index (χ4v) is 3.09. The zero-order chi connectivity index (χ0) is 12.0. The SMILES string of the molecule is CS(=O)c1cc2c(cn1)C=C(Br)C1=NCCN12. The highest BCUT2D eigenvalue weighted by atomic mass is 79.9. The lowest BCUT2D eigenvalue weighted by Crippen LogP contribution is -2.30. The van der Waals surface area contributed by atoms with Crippen LogP contribution in [0.5, 0.6) is 0 Å². The van der Waals surface area contributed by atoms with E-state index in [4.69, 9.17) is 0 Å². The molecule has 88 valence electrons. The topological polar surface area (TPSA) is 45.6 Å². The van der Waals surface area contributed by atoms with Gasteiger partial charge >= 0.3 is 0 Å². The maximum atomic E-state index is 11.5. The Kier molecular flexibility index (Phi) is 2.63. The second-order valence-electron chi connectivity index (χ2n) is 3.88. The number of amidine groups is 1. The monoisotopic (exact) mass is 311 g/mol. The molecule has 1 aromatic rings. The molecule has 6 heteroatoms. The molecule has 17 heavy (non-hydrogen) atoms. The molecule has 0 spiro atoms. The minimum atomic E-state index is -1.05. The lowest BCUT2D eigenvalue weighted by atomic mass is 10.1. The Bertz CT molecular complexity index is 582. The molecular weight excluding hydrogens is 302 g/mol. The number of nitrogens with zero attached hydrogens (tertiary/aromatic N) is 3. The van der Waals surface area contributed by atoms with Crippen molar-refractivity contribution < 1.29 is 4.21 Å². The second-order valence-corrected chi connectivity index (χ2v) is 6.07. The van der Waals surface area contributed by atoms with Crippen molar-refractivity contribution in [1.29, 1.82) is 0 Å². The Morgan fingerprint density at radius 2 is 2.35 bits per heavy atom. The highest BCUT2D eigenvalue weighted by molar-refractivity contribution is 9.12. The molecule has 3 heterocycles. The molecule has 0 bridgehead atoms. The first-order valence-corrected chi connectivity index (χ1v) is 7.55. The summed E-state index contributed by atoms with van der Waals surface area (Å²) in [4.78, 5) is 10.8. The first kappa shape index (κ1) is 11.1. The van der Waals surface area contributed by atoms with Crippen molar-refractivity contribution in [3.05, 3.63) is 22.3 Å². The Labute approximate surface area is 110 Å². The lowest BCUT2D eigenvalue weighted by Gasteiger charge is -2.26. The Hall–Kier alpha value is -1.01. The highest BCUT2D eigenvalue weighted by Gasteiger charge is 2.27. The fourth-order valence-electron chi connectivity index (χ4n) is 2.03. The first-order valence-electron chi connectivity index (χ1n) is 5.20. The third-order valence-electron chi connectivity index (χ3n) is 2.81. The van der Waals surface area contributed by atoms with E-state index >= 15 is 0 Å². The standard InChI is InChI=1S/C11H10BrN3OS/c1-17(16)10-5-9-7(6-14-10)4-8(12)11-13-2-3-15(9)11/h4-6H,2-3H2,1H3. The van der Waals surface area contributed by atoms with Crippen LogP contribution in [-0.2, 0) is 10.8 Å². The number of rotatable bonds is 1. The molecule has 4 nitrogen and oxygen atoms in total. The summed E-state index contributed by atoms with van der Waals surface area (Å²) in [5.41, 5.74) is 2.08. The van der Waals surface area contributed by atoms with E-state index < -0.39 is 10.8 Å². The molecule has 1 atom stereocenters. The van der Waals surface area contributed by atoms with E-state index in [1.807, 2.05) is 12.1 Å². The van der Waals surface area contributed by atoms with Crippen LogP contribution in [0.15, 0.2) is 26.8 Å². The van der Waals surface area contributed by atoms with Crippen LogP contribution in [0.4, 0.5) is 5.69 Å². The van der Waals surface area contributed by atoms with E-state index in [2.05, 4.69) is 30.8 Å². The predicted molar refractivity (Wildman–Crippen MR) is 73.1 cm³/mol. The second kappa shape index (κ2) is 4.03. The van der Waals surface area contributed by atoms with Gasteiger partial charge in [0.05, 0.1) is 27.5 Å². The number of halogens is 1. The van der Waals surface area contributed by atoms with Crippen molar-refractivity contribution in [3.8, 4) is 0 Å². The molecule has 0 saturated carbocycles. The molecule has 0 radical (unpaired) electrons. The van der Waals surface area contributed by atoms with Crippen molar-refractivity contribution in [2.75, 3.05) is 24.2 Å². The molecule has 0 amide bonds. The molecule has 0 aromatic carbocycles. The van der Waals surface area contributed by atoms with Crippen molar-refractivity contribution >= 4 is 44.3 Å². The van der Waals surface area contributed by atoms with E-state index in [-0.39, 0.29) is 0 Å². The van der Waals surface area contributed by atoms with Gasteiger partial charge in [0, 0.05) is 24.6 Å². The summed E-state index contributed by atoms with van der Waals surface area (Å²) in [5, 5.41) is 0.612. The molecule has 3 rings (SSSR count). The molecule has 0 fully saturated rings. The molecule has 2 aliphatic rings. The quantitative estimate of drug-likeness (QED) is 0.794. The maximum absolute atomic E-state index is 11.5. The molecule has 0 aliphatic carbocycles. The van der Waals surface area contributed by atoms with Gasteiger partial charge in [-0.2, -0.15) is 0 Å². The number of fused-ring (bicyclic) bond motifs is 3. The minimum Gasteiger partial charge on any atom is -0.323 e.